The van der Waals surface area contributed by atoms with Crippen molar-refractivity contribution in [2.45, 2.75) is 71.4 Å². The van der Waals surface area contributed by atoms with E-state index in [2.05, 4.69) is 42.8 Å². The fourth-order valence-corrected chi connectivity index (χ4v) is 3.58. The molecule has 0 amide bonds. The number of hydrogen-bond donors (Lipinski definition) is 1. The summed E-state index contributed by atoms with van der Waals surface area (Å²) in [5.74, 6) is 0.951. The summed E-state index contributed by atoms with van der Waals surface area (Å²) in [5, 5.41) is 3.73. The van der Waals surface area contributed by atoms with Crippen LogP contribution in [0.2, 0.25) is 0 Å². The van der Waals surface area contributed by atoms with Crippen LogP contribution in [0.3, 0.4) is 0 Å². The lowest BCUT2D eigenvalue weighted by Crippen LogP contribution is -2.50. The SMILES string of the molecule is CCC(C)(C)NCC(C)N1CCC(CN2CCCC2)CC1. The smallest absolute Gasteiger partial charge is 0.0192 e. The molecule has 3 heteroatoms. The van der Waals surface area contributed by atoms with Gasteiger partial charge in [-0.2, -0.15) is 0 Å². The highest BCUT2D eigenvalue weighted by atomic mass is 15.2. The minimum Gasteiger partial charge on any atom is -0.310 e. The van der Waals surface area contributed by atoms with E-state index in [0.29, 0.717) is 6.04 Å². The van der Waals surface area contributed by atoms with E-state index in [1.807, 2.05) is 0 Å². The normalized spacial score (nSPS) is 24.6. The molecule has 2 rings (SSSR count). The Kier molecular flexibility index (Phi) is 6.51. The maximum atomic E-state index is 3.73. The van der Waals surface area contributed by atoms with Crippen molar-refractivity contribution >= 4 is 0 Å². The Morgan fingerprint density at radius 3 is 2.29 bits per heavy atom. The molecule has 0 aromatic heterocycles. The van der Waals surface area contributed by atoms with Crippen LogP contribution in [0.1, 0.15) is 59.8 Å². The van der Waals surface area contributed by atoms with E-state index in [1.165, 1.54) is 64.8 Å². The number of likely N-dealkylation sites (tertiary alicyclic amines) is 2. The van der Waals surface area contributed by atoms with Gasteiger partial charge in [0.05, 0.1) is 0 Å². The first-order chi connectivity index (χ1) is 10.00. The first kappa shape index (κ1) is 17.2. The van der Waals surface area contributed by atoms with Gasteiger partial charge in [-0.05, 0) is 85.0 Å². The molecule has 0 spiro atoms. The Labute approximate surface area is 132 Å². The molecule has 0 bridgehead atoms. The molecule has 124 valence electrons. The van der Waals surface area contributed by atoms with Crippen molar-refractivity contribution in [3.8, 4) is 0 Å². The summed E-state index contributed by atoms with van der Waals surface area (Å²) in [7, 11) is 0. The molecular weight excluding hydrogens is 258 g/mol. The van der Waals surface area contributed by atoms with Gasteiger partial charge in [-0.15, -0.1) is 0 Å². The molecule has 0 aliphatic carbocycles. The fourth-order valence-electron chi connectivity index (χ4n) is 3.58. The van der Waals surface area contributed by atoms with Gasteiger partial charge in [-0.25, -0.2) is 0 Å². The van der Waals surface area contributed by atoms with E-state index in [9.17, 15) is 0 Å². The predicted molar refractivity (Wildman–Crippen MR) is 91.8 cm³/mol. The Morgan fingerprint density at radius 2 is 1.71 bits per heavy atom. The minimum absolute atomic E-state index is 0.280. The van der Waals surface area contributed by atoms with E-state index < -0.39 is 0 Å². The lowest BCUT2D eigenvalue weighted by molar-refractivity contribution is 0.116. The molecule has 0 saturated carbocycles. The van der Waals surface area contributed by atoms with Crippen molar-refractivity contribution in [2.75, 3.05) is 39.3 Å². The van der Waals surface area contributed by atoms with Gasteiger partial charge < -0.3 is 10.2 Å². The summed E-state index contributed by atoms with van der Waals surface area (Å²) >= 11 is 0. The van der Waals surface area contributed by atoms with Gasteiger partial charge >= 0.3 is 0 Å². The lowest BCUT2D eigenvalue weighted by Gasteiger charge is -2.38. The standard InChI is InChI=1S/C18H37N3/c1-5-18(3,4)19-14-16(2)21-12-8-17(9-13-21)15-20-10-6-7-11-20/h16-17,19H,5-15H2,1-4H3. The van der Waals surface area contributed by atoms with Crippen molar-refractivity contribution in [3.05, 3.63) is 0 Å². The molecule has 0 aromatic rings. The largest absolute Gasteiger partial charge is 0.310 e. The monoisotopic (exact) mass is 295 g/mol. The van der Waals surface area contributed by atoms with E-state index in [-0.39, 0.29) is 5.54 Å². The highest BCUT2D eigenvalue weighted by molar-refractivity contribution is 4.83. The van der Waals surface area contributed by atoms with Crippen LogP contribution < -0.4 is 5.32 Å². The second-order valence-corrected chi connectivity index (χ2v) is 7.95. The number of hydrogen-bond acceptors (Lipinski definition) is 3. The van der Waals surface area contributed by atoms with Crippen LogP contribution >= 0.6 is 0 Å². The van der Waals surface area contributed by atoms with Gasteiger partial charge in [0.1, 0.15) is 0 Å². The number of nitrogens with one attached hydrogen (secondary N) is 1. The van der Waals surface area contributed by atoms with Crippen molar-refractivity contribution < 1.29 is 0 Å². The third kappa shape index (κ3) is 5.54. The molecule has 2 heterocycles. The van der Waals surface area contributed by atoms with E-state index >= 15 is 0 Å². The highest BCUT2D eigenvalue weighted by Crippen LogP contribution is 2.22. The zero-order valence-electron chi connectivity index (χ0n) is 14.8. The summed E-state index contributed by atoms with van der Waals surface area (Å²) in [6, 6.07) is 0.670. The maximum Gasteiger partial charge on any atom is 0.0192 e. The number of rotatable bonds is 7. The Morgan fingerprint density at radius 1 is 1.10 bits per heavy atom. The summed E-state index contributed by atoms with van der Waals surface area (Å²) in [6.45, 7) is 17.1. The van der Waals surface area contributed by atoms with Gasteiger partial charge in [0.2, 0.25) is 0 Å². The molecule has 3 nitrogen and oxygen atoms in total. The summed E-state index contributed by atoms with van der Waals surface area (Å²) in [4.78, 5) is 5.38. The first-order valence-electron chi connectivity index (χ1n) is 9.21. The average molecular weight is 296 g/mol. The van der Waals surface area contributed by atoms with E-state index in [4.69, 9.17) is 0 Å². The van der Waals surface area contributed by atoms with Crippen molar-refractivity contribution in [2.24, 2.45) is 5.92 Å². The fraction of sp³-hybridized carbons (Fsp3) is 1.00. The predicted octanol–water partition coefficient (Wildman–Crippen LogP) is 2.96. The molecule has 2 saturated heterocycles. The maximum absolute atomic E-state index is 3.73. The van der Waals surface area contributed by atoms with Crippen molar-refractivity contribution in [3.63, 3.8) is 0 Å². The zero-order valence-corrected chi connectivity index (χ0v) is 14.8. The third-order valence-corrected chi connectivity index (χ3v) is 5.75. The van der Waals surface area contributed by atoms with Crippen molar-refractivity contribution in [1.29, 1.82) is 0 Å². The minimum atomic E-state index is 0.280. The topological polar surface area (TPSA) is 18.5 Å². The molecule has 1 atom stereocenters. The second-order valence-electron chi connectivity index (χ2n) is 7.95. The molecule has 2 aliphatic rings. The molecular formula is C18H37N3. The molecule has 0 aromatic carbocycles. The lowest BCUT2D eigenvalue weighted by atomic mass is 9.95. The second kappa shape index (κ2) is 7.94. The van der Waals surface area contributed by atoms with Crippen LogP contribution in [-0.2, 0) is 0 Å². The molecule has 1 unspecified atom stereocenters. The van der Waals surface area contributed by atoms with E-state index in [1.54, 1.807) is 0 Å². The van der Waals surface area contributed by atoms with Gasteiger partial charge in [0.25, 0.3) is 0 Å². The Balaban J connectivity index is 1.65. The first-order valence-corrected chi connectivity index (χ1v) is 9.21. The summed E-state index contributed by atoms with van der Waals surface area (Å²) < 4.78 is 0. The van der Waals surface area contributed by atoms with Crippen LogP contribution in [0.5, 0.6) is 0 Å². The van der Waals surface area contributed by atoms with Gasteiger partial charge in [-0.1, -0.05) is 6.92 Å². The third-order valence-electron chi connectivity index (χ3n) is 5.75. The highest BCUT2D eigenvalue weighted by Gasteiger charge is 2.25. The number of piperidine rings is 1. The van der Waals surface area contributed by atoms with Crippen molar-refractivity contribution in [1.82, 2.24) is 15.1 Å². The molecule has 1 N–H and O–H groups in total. The summed E-state index contributed by atoms with van der Waals surface area (Å²) in [6.07, 6.45) is 6.84. The Hall–Kier alpha value is -0.120. The molecule has 21 heavy (non-hydrogen) atoms. The number of nitrogens with zero attached hydrogens (tertiary/aromatic N) is 2. The van der Waals surface area contributed by atoms with Gasteiger partial charge in [-0.3, -0.25) is 4.90 Å². The van der Waals surface area contributed by atoms with Gasteiger partial charge in [0.15, 0.2) is 0 Å². The van der Waals surface area contributed by atoms with Crippen LogP contribution in [0.15, 0.2) is 0 Å². The Bertz CT molecular complexity index is 289. The molecule has 0 radical (unpaired) electrons. The van der Waals surface area contributed by atoms with Crippen LogP contribution in [-0.4, -0.2) is 60.6 Å². The molecule has 2 fully saturated rings. The van der Waals surface area contributed by atoms with Crippen LogP contribution in [0.25, 0.3) is 0 Å². The molecule has 2 aliphatic heterocycles. The zero-order chi connectivity index (χ0) is 15.3. The average Bonchev–Trinajstić information content (AvgIpc) is 2.98. The van der Waals surface area contributed by atoms with Gasteiger partial charge in [0, 0.05) is 24.7 Å². The van der Waals surface area contributed by atoms with E-state index in [0.717, 1.165) is 12.5 Å². The van der Waals surface area contributed by atoms with Crippen LogP contribution in [0, 0.1) is 5.92 Å². The summed E-state index contributed by atoms with van der Waals surface area (Å²) in [5.41, 5.74) is 0.280. The quantitative estimate of drug-likeness (QED) is 0.779. The van der Waals surface area contributed by atoms with Crippen LogP contribution in [0.4, 0.5) is 0 Å².